The van der Waals surface area contributed by atoms with E-state index < -0.39 is 29.9 Å². The minimum absolute atomic E-state index is 0.0116. The van der Waals surface area contributed by atoms with Crippen molar-refractivity contribution in [3.63, 3.8) is 0 Å². The van der Waals surface area contributed by atoms with Gasteiger partial charge in [-0.2, -0.15) is 11.8 Å². The highest BCUT2D eigenvalue weighted by Gasteiger charge is 2.28. The maximum Gasteiger partial charge on any atom is 0.306 e. The van der Waals surface area contributed by atoms with E-state index in [-0.39, 0.29) is 18.6 Å². The molecule has 0 bridgehead atoms. The topological polar surface area (TPSA) is 102 Å². The molecule has 1 aliphatic rings. The van der Waals surface area contributed by atoms with Crippen molar-refractivity contribution < 1.29 is 23.9 Å². The molecular weight excluding hydrogens is 368 g/mol. The zero-order chi connectivity index (χ0) is 19.6. The lowest BCUT2D eigenvalue weighted by molar-refractivity contribution is -0.142. The Balaban J connectivity index is 2.01. The zero-order valence-electron chi connectivity index (χ0n) is 15.2. The second-order valence-corrected chi connectivity index (χ2v) is 7.39. The van der Waals surface area contributed by atoms with Crippen LogP contribution in [0, 0.1) is 0 Å². The molecule has 1 heterocycles. The second kappa shape index (κ2) is 10.7. The van der Waals surface area contributed by atoms with Gasteiger partial charge in [-0.05, 0) is 5.56 Å². The SMILES string of the molecule is COC(=O)CCC(=O)N[C@@H](Cc1ccccc1)C(=O)NC1CSCCC1=O. The van der Waals surface area contributed by atoms with E-state index in [1.54, 1.807) is 11.8 Å². The van der Waals surface area contributed by atoms with Crippen molar-refractivity contribution in [2.24, 2.45) is 0 Å². The van der Waals surface area contributed by atoms with Crippen LogP contribution < -0.4 is 10.6 Å². The fourth-order valence-corrected chi connectivity index (χ4v) is 3.70. The summed E-state index contributed by atoms with van der Waals surface area (Å²) >= 11 is 1.62. The Labute approximate surface area is 162 Å². The smallest absolute Gasteiger partial charge is 0.306 e. The fraction of sp³-hybridized carbons (Fsp3) is 0.474. The number of rotatable bonds is 8. The summed E-state index contributed by atoms with van der Waals surface area (Å²) in [6.07, 6.45) is 0.609. The van der Waals surface area contributed by atoms with Crippen LogP contribution >= 0.6 is 11.8 Å². The van der Waals surface area contributed by atoms with E-state index in [1.165, 1.54) is 7.11 Å². The van der Waals surface area contributed by atoms with Crippen molar-refractivity contribution in [3.8, 4) is 0 Å². The molecule has 0 radical (unpaired) electrons. The van der Waals surface area contributed by atoms with Gasteiger partial charge in [0.1, 0.15) is 6.04 Å². The van der Waals surface area contributed by atoms with Crippen LogP contribution in [0.15, 0.2) is 30.3 Å². The highest BCUT2D eigenvalue weighted by molar-refractivity contribution is 7.99. The summed E-state index contributed by atoms with van der Waals surface area (Å²) < 4.78 is 4.52. The van der Waals surface area contributed by atoms with Gasteiger partial charge in [-0.1, -0.05) is 30.3 Å². The van der Waals surface area contributed by atoms with Gasteiger partial charge in [-0.25, -0.2) is 0 Å². The van der Waals surface area contributed by atoms with Gasteiger partial charge >= 0.3 is 5.97 Å². The molecule has 0 spiro atoms. The first kappa shape index (κ1) is 21.0. The van der Waals surface area contributed by atoms with E-state index in [1.807, 2.05) is 30.3 Å². The third kappa shape index (κ3) is 7.05. The summed E-state index contributed by atoms with van der Waals surface area (Å²) in [5, 5.41) is 5.43. The number of hydrogen-bond acceptors (Lipinski definition) is 6. The third-order valence-corrected chi connectivity index (χ3v) is 5.26. The van der Waals surface area contributed by atoms with Crippen molar-refractivity contribution in [1.82, 2.24) is 10.6 Å². The molecule has 7 nitrogen and oxygen atoms in total. The molecule has 1 unspecified atom stereocenters. The Hall–Kier alpha value is -2.35. The van der Waals surface area contributed by atoms with E-state index in [2.05, 4.69) is 15.4 Å². The van der Waals surface area contributed by atoms with E-state index in [0.29, 0.717) is 18.6 Å². The number of ketones is 1. The van der Waals surface area contributed by atoms with Gasteiger partial charge in [-0.15, -0.1) is 0 Å². The molecule has 1 fully saturated rings. The average molecular weight is 392 g/mol. The lowest BCUT2D eigenvalue weighted by Crippen LogP contribution is -2.54. The van der Waals surface area contributed by atoms with Gasteiger partial charge < -0.3 is 15.4 Å². The summed E-state index contributed by atoms with van der Waals surface area (Å²) in [5.41, 5.74) is 0.885. The third-order valence-electron chi connectivity index (χ3n) is 4.20. The van der Waals surface area contributed by atoms with E-state index in [4.69, 9.17) is 0 Å². The number of nitrogens with one attached hydrogen (secondary N) is 2. The van der Waals surface area contributed by atoms with Gasteiger partial charge in [0, 0.05) is 30.8 Å². The van der Waals surface area contributed by atoms with Crippen LogP contribution in [0.4, 0.5) is 0 Å². The first-order chi connectivity index (χ1) is 13.0. The number of benzene rings is 1. The van der Waals surface area contributed by atoms with Gasteiger partial charge in [-0.3, -0.25) is 19.2 Å². The first-order valence-electron chi connectivity index (χ1n) is 8.80. The molecule has 0 saturated carbocycles. The number of methoxy groups -OCH3 is 1. The molecule has 1 saturated heterocycles. The molecule has 2 rings (SSSR count). The highest BCUT2D eigenvalue weighted by Crippen LogP contribution is 2.14. The Morgan fingerprint density at radius 2 is 1.96 bits per heavy atom. The van der Waals surface area contributed by atoms with Gasteiger partial charge in [0.05, 0.1) is 19.6 Å². The predicted molar refractivity (Wildman–Crippen MR) is 102 cm³/mol. The average Bonchev–Trinajstić information content (AvgIpc) is 2.68. The molecule has 1 aliphatic heterocycles. The number of Topliss-reactive ketones (excluding diaryl/α,β-unsaturated/α-hetero) is 1. The maximum absolute atomic E-state index is 12.7. The predicted octanol–water partition coefficient (Wildman–Crippen LogP) is 0.858. The number of carbonyl (C=O) groups is 4. The number of carbonyl (C=O) groups excluding carboxylic acids is 4. The molecule has 2 N–H and O–H groups in total. The molecular formula is C19H24N2O5S. The van der Waals surface area contributed by atoms with Gasteiger partial charge in [0.15, 0.2) is 5.78 Å². The van der Waals surface area contributed by atoms with E-state index in [9.17, 15) is 19.2 Å². The maximum atomic E-state index is 12.7. The van der Waals surface area contributed by atoms with Crippen LogP contribution in [0.5, 0.6) is 0 Å². The Morgan fingerprint density at radius 1 is 1.22 bits per heavy atom. The lowest BCUT2D eigenvalue weighted by atomic mass is 10.0. The van der Waals surface area contributed by atoms with Crippen LogP contribution in [0.2, 0.25) is 0 Å². The number of esters is 1. The fourth-order valence-electron chi connectivity index (χ4n) is 2.68. The summed E-state index contributed by atoms with van der Waals surface area (Å²) in [6.45, 7) is 0. The first-order valence-corrected chi connectivity index (χ1v) is 9.96. The van der Waals surface area contributed by atoms with Gasteiger partial charge in [0.2, 0.25) is 11.8 Å². The normalized spacial score (nSPS) is 17.7. The Morgan fingerprint density at radius 3 is 2.63 bits per heavy atom. The molecule has 8 heteroatoms. The summed E-state index contributed by atoms with van der Waals surface area (Å²) in [7, 11) is 1.26. The van der Waals surface area contributed by atoms with Crippen molar-refractivity contribution in [3.05, 3.63) is 35.9 Å². The van der Waals surface area contributed by atoms with Crippen molar-refractivity contribution in [1.29, 1.82) is 0 Å². The standard InChI is InChI=1S/C19H24N2O5S/c1-26-18(24)8-7-17(23)20-14(11-13-5-3-2-4-6-13)19(25)21-15-12-27-10-9-16(15)22/h2-6,14-15H,7-12H2,1H3,(H,20,23)(H,21,25)/t14-,15?/m0/s1. The number of ether oxygens (including phenoxy) is 1. The van der Waals surface area contributed by atoms with Crippen molar-refractivity contribution in [2.45, 2.75) is 37.8 Å². The number of amides is 2. The zero-order valence-corrected chi connectivity index (χ0v) is 16.1. The molecule has 1 aromatic rings. The Bertz CT molecular complexity index is 680. The molecule has 0 aliphatic carbocycles. The number of hydrogen-bond donors (Lipinski definition) is 2. The second-order valence-electron chi connectivity index (χ2n) is 6.24. The minimum atomic E-state index is -0.822. The van der Waals surface area contributed by atoms with Crippen LogP contribution in [-0.4, -0.2) is 54.3 Å². The van der Waals surface area contributed by atoms with Crippen LogP contribution in [0.1, 0.15) is 24.8 Å². The molecule has 1 aromatic carbocycles. The van der Waals surface area contributed by atoms with Crippen molar-refractivity contribution >= 4 is 35.3 Å². The molecule has 2 atom stereocenters. The van der Waals surface area contributed by atoms with E-state index >= 15 is 0 Å². The van der Waals surface area contributed by atoms with Crippen LogP contribution in [0.25, 0.3) is 0 Å². The monoisotopic (exact) mass is 392 g/mol. The summed E-state index contributed by atoms with van der Waals surface area (Å²) in [5.74, 6) is 0.0190. The molecule has 146 valence electrons. The summed E-state index contributed by atoms with van der Waals surface area (Å²) in [4.78, 5) is 48.0. The van der Waals surface area contributed by atoms with Gasteiger partial charge in [0.25, 0.3) is 0 Å². The quantitative estimate of drug-likeness (QED) is 0.636. The molecule has 2 amide bonds. The highest BCUT2D eigenvalue weighted by atomic mass is 32.2. The van der Waals surface area contributed by atoms with Crippen LogP contribution in [0.3, 0.4) is 0 Å². The minimum Gasteiger partial charge on any atom is -0.469 e. The molecule has 0 aromatic heterocycles. The van der Waals surface area contributed by atoms with Crippen LogP contribution in [-0.2, 0) is 30.3 Å². The van der Waals surface area contributed by atoms with Crippen molar-refractivity contribution in [2.75, 3.05) is 18.6 Å². The van der Waals surface area contributed by atoms with E-state index in [0.717, 1.165) is 11.3 Å². The number of thioether (sulfide) groups is 1. The largest absolute Gasteiger partial charge is 0.469 e. The lowest BCUT2D eigenvalue weighted by Gasteiger charge is -2.25. The Kier molecular flexibility index (Phi) is 8.32. The summed E-state index contributed by atoms with van der Waals surface area (Å²) in [6, 6.07) is 7.95. The molecule has 27 heavy (non-hydrogen) atoms.